The van der Waals surface area contributed by atoms with Crippen LogP contribution in [0.5, 0.6) is 28.7 Å². The molecule has 3 aliphatic heterocycles. The number of amides is 1. The second-order valence-electron chi connectivity index (χ2n) is 10.5. The monoisotopic (exact) mass is 609 g/mol. The van der Waals surface area contributed by atoms with Crippen molar-refractivity contribution < 1.29 is 31.9 Å². The van der Waals surface area contributed by atoms with Crippen LogP contribution < -0.4 is 30.4 Å². The number of carbonyl (C=O) groups is 1. The third-order valence-corrected chi connectivity index (χ3v) is 8.51. The van der Waals surface area contributed by atoms with Gasteiger partial charge in [-0.3, -0.25) is 9.59 Å². The highest BCUT2D eigenvalue weighted by Crippen LogP contribution is 2.55. The molecule has 0 radical (unpaired) electrons. The number of aryl methyl sites for hydroxylation is 1. The molecule has 0 aliphatic carbocycles. The average molecular weight is 610 g/mol. The summed E-state index contributed by atoms with van der Waals surface area (Å²) in [4.78, 5) is 26.3. The molecule has 3 aliphatic rings. The maximum absolute atomic E-state index is 16.9. The van der Waals surface area contributed by atoms with Crippen LogP contribution in [0.25, 0.3) is 11.1 Å². The van der Waals surface area contributed by atoms with Crippen LogP contribution in [0.4, 0.5) is 8.78 Å². The first kappa shape index (κ1) is 24.0. The number of nitrogens with one attached hydrogen (secondary N) is 2. The molecule has 2 N–H and O–H groups in total. The number of fused-ring (bicyclic) bond motifs is 3. The minimum atomic E-state index is -2.96. The van der Waals surface area contributed by atoms with Crippen LogP contribution in [0, 0.1) is 11.6 Å². The number of nitrogens with zero attached hydrogens (tertiary/aromatic N) is 2. The Bertz CT molecular complexity index is 1990. The Kier molecular flexibility index (Phi) is 5.62. The van der Waals surface area contributed by atoms with E-state index < -0.39 is 57.8 Å². The summed E-state index contributed by atoms with van der Waals surface area (Å²) in [6, 6.07) is 11.6. The summed E-state index contributed by atoms with van der Waals surface area (Å²) in [5.41, 5.74) is -1.83. The van der Waals surface area contributed by atoms with E-state index >= 15 is 8.78 Å². The minimum absolute atomic E-state index is 0.128. The lowest BCUT2D eigenvalue weighted by atomic mass is 9.80. The zero-order valence-electron chi connectivity index (χ0n) is 25.6. The Labute approximate surface area is 253 Å². The molecule has 0 saturated carbocycles. The molecular formula is C31H25ClF2N4O5. The van der Waals surface area contributed by atoms with Crippen LogP contribution in [-0.2, 0) is 19.0 Å². The number of ether oxygens (including phenoxy) is 3. The topological polar surface area (TPSA) is 104 Å². The van der Waals surface area contributed by atoms with Crippen molar-refractivity contribution in [3.05, 3.63) is 92.4 Å². The second kappa shape index (κ2) is 10.1. The molecule has 1 amide bonds. The lowest BCUT2D eigenvalue weighted by Gasteiger charge is -2.35. The summed E-state index contributed by atoms with van der Waals surface area (Å²) < 4.78 is 73.4. The van der Waals surface area contributed by atoms with Gasteiger partial charge in [-0.1, -0.05) is 41.9 Å². The fraction of sp³-hybridized carbons (Fsp3) is 0.258. The zero-order valence-corrected chi connectivity index (χ0v) is 23.4. The SMILES string of the molecule is [2H]C([2H])([2H])n1ncc2c(c1=O)Oc1c(cc(C(=O)NC)c(-c3c(Cl)c(F)cc4c3C[C@](c3ccccc3)([C@@H]3CCCN3)O4)c1F)O2. The largest absolute Gasteiger partial charge is 0.480 e. The number of hydrogen-bond acceptors (Lipinski definition) is 7. The molecule has 4 heterocycles. The summed E-state index contributed by atoms with van der Waals surface area (Å²) in [5, 5.41) is 9.09. The van der Waals surface area contributed by atoms with Crippen LogP contribution >= 0.6 is 11.6 Å². The van der Waals surface area contributed by atoms with Gasteiger partial charge in [0.1, 0.15) is 11.6 Å². The number of benzene rings is 3. The molecule has 3 aromatic carbocycles. The summed E-state index contributed by atoms with van der Waals surface area (Å²) in [5.74, 6) is -4.57. The molecule has 1 saturated heterocycles. The maximum atomic E-state index is 16.9. The summed E-state index contributed by atoms with van der Waals surface area (Å²) in [6.07, 6.45) is 2.74. The first-order valence-corrected chi connectivity index (χ1v) is 13.9. The van der Waals surface area contributed by atoms with Crippen molar-refractivity contribution in [1.82, 2.24) is 20.4 Å². The molecule has 43 heavy (non-hydrogen) atoms. The van der Waals surface area contributed by atoms with E-state index in [2.05, 4.69) is 15.7 Å². The molecule has 12 heteroatoms. The van der Waals surface area contributed by atoms with Crippen molar-refractivity contribution in [3.63, 3.8) is 0 Å². The molecule has 0 bridgehead atoms. The average Bonchev–Trinajstić information content (AvgIpc) is 3.71. The zero-order chi connectivity index (χ0) is 32.5. The van der Waals surface area contributed by atoms with Gasteiger partial charge in [0, 0.05) is 47.3 Å². The summed E-state index contributed by atoms with van der Waals surface area (Å²) in [7, 11) is 1.34. The minimum Gasteiger partial charge on any atom is -0.480 e. The first-order valence-electron chi connectivity index (χ1n) is 15.0. The number of carbonyl (C=O) groups excluding carboxylic acids is 1. The van der Waals surface area contributed by atoms with E-state index in [1.165, 1.54) is 13.1 Å². The number of hydrogen-bond donors (Lipinski definition) is 2. The number of halogens is 3. The fourth-order valence-corrected chi connectivity index (χ4v) is 6.43. The normalized spacial score (nSPS) is 21.2. The highest BCUT2D eigenvalue weighted by Gasteiger charge is 2.50. The van der Waals surface area contributed by atoms with Crippen LogP contribution in [0.3, 0.4) is 0 Å². The third kappa shape index (κ3) is 4.09. The molecule has 220 valence electrons. The van der Waals surface area contributed by atoms with Crippen molar-refractivity contribution >= 4 is 17.5 Å². The quantitative estimate of drug-likeness (QED) is 0.288. The second-order valence-corrected chi connectivity index (χ2v) is 10.9. The standard InChI is InChI=1S/C31H25ClF2N4O5/c1-35-29(39)16-11-20-27(42-28-21(41-20)14-37-38(2)30(28)40)26(34)24(16)23-17-13-31(22-9-6-10-36-22,15-7-4-3-5-8-15)43-19(17)12-18(33)25(23)32/h3-5,7-8,11-12,14,22,36H,6,9-10,13H2,1-2H3,(H,35,39)/t22-,31-/m0/s1/i2D3. The van der Waals surface area contributed by atoms with Crippen LogP contribution in [0.2, 0.25) is 5.02 Å². The summed E-state index contributed by atoms with van der Waals surface area (Å²) in [6.45, 7) is -2.21. The van der Waals surface area contributed by atoms with E-state index in [0.29, 0.717) is 5.56 Å². The van der Waals surface area contributed by atoms with Gasteiger partial charge in [0.25, 0.3) is 5.91 Å². The number of aromatic nitrogens is 2. The lowest BCUT2D eigenvalue weighted by molar-refractivity contribution is 0.0539. The van der Waals surface area contributed by atoms with Crippen molar-refractivity contribution in [3.8, 4) is 39.9 Å². The van der Waals surface area contributed by atoms with E-state index in [1.54, 1.807) is 0 Å². The van der Waals surface area contributed by atoms with E-state index in [1.807, 2.05) is 30.3 Å². The molecule has 9 nitrogen and oxygen atoms in total. The molecule has 7 rings (SSSR count). The molecule has 4 aromatic rings. The van der Waals surface area contributed by atoms with Crippen LogP contribution in [0.1, 0.15) is 38.4 Å². The van der Waals surface area contributed by atoms with Gasteiger partial charge in [-0.05, 0) is 31.0 Å². The van der Waals surface area contributed by atoms with Gasteiger partial charge in [-0.25, -0.2) is 13.5 Å². The van der Waals surface area contributed by atoms with Crippen molar-refractivity contribution in [2.24, 2.45) is 6.98 Å². The molecule has 0 unspecified atom stereocenters. The van der Waals surface area contributed by atoms with Gasteiger partial charge in [0.2, 0.25) is 11.5 Å². The van der Waals surface area contributed by atoms with Crippen LogP contribution in [-0.4, -0.2) is 35.3 Å². The Balaban J connectivity index is 1.45. The Morgan fingerprint density at radius 2 is 1.98 bits per heavy atom. The van der Waals surface area contributed by atoms with Gasteiger partial charge in [0.15, 0.2) is 22.9 Å². The lowest BCUT2D eigenvalue weighted by Crippen LogP contribution is -2.48. The van der Waals surface area contributed by atoms with Crippen molar-refractivity contribution in [2.75, 3.05) is 13.6 Å². The highest BCUT2D eigenvalue weighted by molar-refractivity contribution is 6.34. The Hall–Kier alpha value is -4.48. The fourth-order valence-electron chi connectivity index (χ4n) is 6.17. The predicted molar refractivity (Wildman–Crippen MR) is 153 cm³/mol. The Morgan fingerprint density at radius 3 is 2.70 bits per heavy atom. The Morgan fingerprint density at radius 1 is 1.16 bits per heavy atom. The van der Waals surface area contributed by atoms with Crippen LogP contribution in [0.15, 0.2) is 53.5 Å². The third-order valence-electron chi connectivity index (χ3n) is 8.14. The molecular weight excluding hydrogens is 582 g/mol. The van der Waals surface area contributed by atoms with Gasteiger partial charge in [0.05, 0.1) is 22.8 Å². The molecule has 0 spiro atoms. The van der Waals surface area contributed by atoms with Crippen molar-refractivity contribution in [2.45, 2.75) is 30.9 Å². The van der Waals surface area contributed by atoms with Gasteiger partial charge in [-0.15, -0.1) is 0 Å². The van der Waals surface area contributed by atoms with Gasteiger partial charge >= 0.3 is 5.56 Å². The summed E-state index contributed by atoms with van der Waals surface area (Å²) >= 11 is 6.62. The van der Waals surface area contributed by atoms with Gasteiger partial charge < -0.3 is 24.8 Å². The molecule has 1 aromatic heterocycles. The predicted octanol–water partition coefficient (Wildman–Crippen LogP) is 5.22. The first-order chi connectivity index (χ1) is 21.9. The van der Waals surface area contributed by atoms with Crippen molar-refractivity contribution in [1.29, 1.82) is 0 Å². The van der Waals surface area contributed by atoms with E-state index in [4.69, 9.17) is 29.9 Å². The van der Waals surface area contributed by atoms with E-state index in [-0.39, 0.29) is 45.5 Å². The smallest absolute Gasteiger partial charge is 0.313 e. The van der Waals surface area contributed by atoms with E-state index in [9.17, 15) is 9.59 Å². The van der Waals surface area contributed by atoms with E-state index in [0.717, 1.165) is 37.2 Å². The highest BCUT2D eigenvalue weighted by atomic mass is 35.5. The molecule has 2 atom stereocenters. The van der Waals surface area contributed by atoms with Gasteiger partial charge in [-0.2, -0.15) is 5.10 Å². The maximum Gasteiger partial charge on any atom is 0.313 e. The number of rotatable bonds is 4. The molecule has 1 fully saturated rings.